The molecule has 0 aliphatic carbocycles. The lowest BCUT2D eigenvalue weighted by Gasteiger charge is -2.14. The Morgan fingerprint density at radius 3 is 2.95 bits per heavy atom. The second-order valence-electron chi connectivity index (χ2n) is 4.88. The predicted octanol–water partition coefficient (Wildman–Crippen LogP) is 3.71. The Morgan fingerprint density at radius 2 is 2.20 bits per heavy atom. The van der Waals surface area contributed by atoms with E-state index in [0.29, 0.717) is 6.04 Å². The number of benzene rings is 1. The van der Waals surface area contributed by atoms with Crippen LogP contribution < -0.4 is 5.32 Å². The number of hydrogen-bond acceptors (Lipinski definition) is 3. The van der Waals surface area contributed by atoms with Crippen molar-refractivity contribution in [2.45, 2.75) is 19.4 Å². The molecule has 3 rings (SSSR count). The van der Waals surface area contributed by atoms with Crippen molar-refractivity contribution in [2.24, 2.45) is 0 Å². The van der Waals surface area contributed by atoms with Gasteiger partial charge in [0.15, 0.2) is 0 Å². The third-order valence-corrected chi connectivity index (χ3v) is 3.17. The smallest absolute Gasteiger partial charge is 0.105 e. The molecule has 0 saturated heterocycles. The summed E-state index contributed by atoms with van der Waals surface area (Å²) in [5, 5.41) is 10.4. The molecular formula is C16H17N3O. The molecule has 4 nitrogen and oxygen atoms in total. The van der Waals surface area contributed by atoms with Gasteiger partial charge < -0.3 is 9.73 Å². The van der Waals surface area contributed by atoms with Crippen LogP contribution in [-0.4, -0.2) is 16.2 Å². The molecule has 20 heavy (non-hydrogen) atoms. The molecule has 0 fully saturated rings. The van der Waals surface area contributed by atoms with Crippen molar-refractivity contribution >= 4 is 5.69 Å². The summed E-state index contributed by atoms with van der Waals surface area (Å²) in [5.74, 6) is 0.995. The molecule has 2 N–H and O–H groups in total. The Morgan fingerprint density at radius 1 is 1.25 bits per heavy atom. The van der Waals surface area contributed by atoms with E-state index in [0.717, 1.165) is 29.1 Å². The van der Waals surface area contributed by atoms with Gasteiger partial charge in [-0.3, -0.25) is 5.10 Å². The molecule has 3 aromatic rings. The SMILES string of the molecule is CC(Cc1ccco1)Nc1cccc(-c2ccn[nH]2)c1. The summed E-state index contributed by atoms with van der Waals surface area (Å²) in [6.45, 7) is 2.14. The summed E-state index contributed by atoms with van der Waals surface area (Å²) in [7, 11) is 0. The summed E-state index contributed by atoms with van der Waals surface area (Å²) in [6, 6.07) is 14.5. The van der Waals surface area contributed by atoms with Crippen LogP contribution in [-0.2, 0) is 6.42 Å². The highest BCUT2D eigenvalue weighted by molar-refractivity contribution is 5.64. The second-order valence-corrected chi connectivity index (χ2v) is 4.88. The molecule has 1 atom stereocenters. The lowest BCUT2D eigenvalue weighted by molar-refractivity contribution is 0.498. The van der Waals surface area contributed by atoms with Crippen molar-refractivity contribution in [1.29, 1.82) is 0 Å². The van der Waals surface area contributed by atoms with Crippen LogP contribution in [0.4, 0.5) is 5.69 Å². The maximum atomic E-state index is 5.37. The number of hydrogen-bond donors (Lipinski definition) is 2. The van der Waals surface area contributed by atoms with E-state index in [2.05, 4.69) is 40.6 Å². The predicted molar refractivity (Wildman–Crippen MR) is 79.5 cm³/mol. The first-order valence-electron chi connectivity index (χ1n) is 6.70. The van der Waals surface area contributed by atoms with E-state index in [-0.39, 0.29) is 0 Å². The Hall–Kier alpha value is -2.49. The molecule has 1 aromatic carbocycles. The van der Waals surface area contributed by atoms with Crippen LogP contribution in [0.25, 0.3) is 11.3 Å². The highest BCUT2D eigenvalue weighted by atomic mass is 16.3. The lowest BCUT2D eigenvalue weighted by atomic mass is 10.1. The fraction of sp³-hybridized carbons (Fsp3) is 0.188. The number of anilines is 1. The van der Waals surface area contributed by atoms with Crippen molar-refractivity contribution in [3.63, 3.8) is 0 Å². The van der Waals surface area contributed by atoms with E-state index in [9.17, 15) is 0 Å². The quantitative estimate of drug-likeness (QED) is 0.741. The molecule has 0 amide bonds. The molecule has 0 radical (unpaired) electrons. The van der Waals surface area contributed by atoms with E-state index >= 15 is 0 Å². The average Bonchev–Trinajstić information content (AvgIpc) is 3.11. The van der Waals surface area contributed by atoms with Gasteiger partial charge >= 0.3 is 0 Å². The van der Waals surface area contributed by atoms with Crippen molar-refractivity contribution in [2.75, 3.05) is 5.32 Å². The second kappa shape index (κ2) is 5.65. The Kier molecular flexibility index (Phi) is 3.54. The number of H-pyrrole nitrogens is 1. The van der Waals surface area contributed by atoms with Crippen molar-refractivity contribution in [3.05, 3.63) is 60.7 Å². The first kappa shape index (κ1) is 12.5. The van der Waals surface area contributed by atoms with Gasteiger partial charge in [0.05, 0.1) is 12.0 Å². The van der Waals surface area contributed by atoms with Crippen LogP contribution in [0.15, 0.2) is 59.3 Å². The summed E-state index contributed by atoms with van der Waals surface area (Å²) >= 11 is 0. The van der Waals surface area contributed by atoms with Gasteiger partial charge in [-0.05, 0) is 37.3 Å². The van der Waals surface area contributed by atoms with E-state index in [4.69, 9.17) is 4.42 Å². The molecule has 0 aliphatic heterocycles. The Balaban J connectivity index is 1.70. The standard InChI is InChI=1S/C16H17N3O/c1-12(10-15-6-3-9-20-15)18-14-5-2-4-13(11-14)16-7-8-17-19-16/h2-9,11-12,18H,10H2,1H3,(H,17,19). The first-order valence-corrected chi connectivity index (χ1v) is 6.70. The molecular weight excluding hydrogens is 250 g/mol. The molecule has 4 heteroatoms. The highest BCUT2D eigenvalue weighted by Gasteiger charge is 2.06. The van der Waals surface area contributed by atoms with Crippen molar-refractivity contribution in [1.82, 2.24) is 10.2 Å². The van der Waals surface area contributed by atoms with E-state index in [1.807, 2.05) is 24.3 Å². The van der Waals surface area contributed by atoms with E-state index in [1.165, 1.54) is 0 Å². The number of furan rings is 1. The van der Waals surface area contributed by atoms with Gasteiger partial charge in [0, 0.05) is 29.9 Å². The number of aromatic amines is 1. The molecule has 102 valence electrons. The van der Waals surface area contributed by atoms with Gasteiger partial charge in [0.1, 0.15) is 5.76 Å². The van der Waals surface area contributed by atoms with Crippen molar-refractivity contribution in [3.8, 4) is 11.3 Å². The number of nitrogens with zero attached hydrogens (tertiary/aromatic N) is 1. The molecule has 0 bridgehead atoms. The van der Waals surface area contributed by atoms with Gasteiger partial charge in [0.25, 0.3) is 0 Å². The molecule has 2 heterocycles. The molecule has 0 saturated carbocycles. The third kappa shape index (κ3) is 2.91. The van der Waals surface area contributed by atoms with Crippen LogP contribution in [0.3, 0.4) is 0 Å². The molecule has 2 aromatic heterocycles. The van der Waals surface area contributed by atoms with Crippen molar-refractivity contribution < 1.29 is 4.42 Å². The molecule has 0 aliphatic rings. The normalized spacial score (nSPS) is 12.2. The molecule has 1 unspecified atom stereocenters. The Labute approximate surface area is 117 Å². The van der Waals surface area contributed by atoms with E-state index < -0.39 is 0 Å². The third-order valence-electron chi connectivity index (χ3n) is 3.17. The van der Waals surface area contributed by atoms with Gasteiger partial charge in [-0.15, -0.1) is 0 Å². The van der Waals surface area contributed by atoms with Gasteiger partial charge in [0.2, 0.25) is 0 Å². The number of aromatic nitrogens is 2. The summed E-state index contributed by atoms with van der Waals surface area (Å²) in [5.41, 5.74) is 3.24. The van der Waals surface area contributed by atoms with Crippen LogP contribution >= 0.6 is 0 Å². The first-order chi connectivity index (χ1) is 9.81. The number of nitrogens with one attached hydrogen (secondary N) is 2. The van der Waals surface area contributed by atoms with Crippen LogP contribution in [0.2, 0.25) is 0 Å². The summed E-state index contributed by atoms with van der Waals surface area (Å²) in [4.78, 5) is 0. The lowest BCUT2D eigenvalue weighted by Crippen LogP contribution is -2.17. The topological polar surface area (TPSA) is 53.9 Å². The monoisotopic (exact) mass is 267 g/mol. The molecule has 0 spiro atoms. The average molecular weight is 267 g/mol. The summed E-state index contributed by atoms with van der Waals surface area (Å²) in [6.07, 6.45) is 4.33. The number of rotatable bonds is 5. The van der Waals surface area contributed by atoms with Gasteiger partial charge in [-0.25, -0.2) is 0 Å². The van der Waals surface area contributed by atoms with Gasteiger partial charge in [-0.1, -0.05) is 12.1 Å². The zero-order chi connectivity index (χ0) is 13.8. The van der Waals surface area contributed by atoms with Crippen LogP contribution in [0.1, 0.15) is 12.7 Å². The maximum absolute atomic E-state index is 5.37. The fourth-order valence-corrected chi connectivity index (χ4v) is 2.26. The Bertz CT molecular complexity index is 644. The van der Waals surface area contributed by atoms with Crippen LogP contribution in [0, 0.1) is 0 Å². The largest absolute Gasteiger partial charge is 0.469 e. The highest BCUT2D eigenvalue weighted by Crippen LogP contribution is 2.21. The van der Waals surface area contributed by atoms with Crippen LogP contribution in [0.5, 0.6) is 0 Å². The fourth-order valence-electron chi connectivity index (χ4n) is 2.26. The zero-order valence-corrected chi connectivity index (χ0v) is 11.3. The summed E-state index contributed by atoms with van der Waals surface area (Å²) < 4.78 is 5.37. The minimum atomic E-state index is 0.304. The minimum Gasteiger partial charge on any atom is -0.469 e. The van der Waals surface area contributed by atoms with E-state index in [1.54, 1.807) is 12.5 Å². The maximum Gasteiger partial charge on any atom is 0.105 e. The zero-order valence-electron chi connectivity index (χ0n) is 11.3. The van der Waals surface area contributed by atoms with Gasteiger partial charge in [-0.2, -0.15) is 5.10 Å². The minimum absolute atomic E-state index is 0.304.